The molecule has 3 aliphatic rings. The van der Waals surface area contributed by atoms with Crippen LogP contribution in [-0.2, 0) is 31.1 Å². The zero-order valence-corrected chi connectivity index (χ0v) is 35.1. The number of hydrogen-bond acceptors (Lipinski definition) is 2. The summed E-state index contributed by atoms with van der Waals surface area (Å²) in [4.78, 5) is 2.46. The maximum Gasteiger partial charge on any atom is 0.136 e. The number of fused-ring (bicyclic) bond motifs is 8. The van der Waals surface area contributed by atoms with Gasteiger partial charge in [0.2, 0.25) is 0 Å². The van der Waals surface area contributed by atoms with Crippen molar-refractivity contribution in [1.29, 1.82) is 0 Å². The maximum atomic E-state index is 6.29. The fourth-order valence-electron chi connectivity index (χ4n) is 11.3. The lowest BCUT2D eigenvalue weighted by Crippen LogP contribution is -2.16. The molecular weight excluding hydrogens is 739 g/mol. The van der Waals surface area contributed by atoms with E-state index in [-0.39, 0.29) is 5.41 Å². The topological polar surface area (TPSA) is 16.4 Å². The van der Waals surface area contributed by atoms with E-state index in [1.807, 2.05) is 12.1 Å². The minimum absolute atomic E-state index is 0.0965. The molecule has 0 spiro atoms. The number of furan rings is 1. The van der Waals surface area contributed by atoms with E-state index >= 15 is 0 Å². The molecule has 0 aliphatic heterocycles. The van der Waals surface area contributed by atoms with Gasteiger partial charge in [0, 0.05) is 33.2 Å². The Morgan fingerprint density at radius 2 is 0.902 bits per heavy atom. The summed E-state index contributed by atoms with van der Waals surface area (Å²) in [5.41, 5.74) is 25.3. The van der Waals surface area contributed by atoms with Crippen molar-refractivity contribution in [3.8, 4) is 44.5 Å². The lowest BCUT2D eigenvalue weighted by Gasteiger charge is -2.32. The van der Waals surface area contributed by atoms with E-state index in [9.17, 15) is 0 Å². The van der Waals surface area contributed by atoms with E-state index in [2.05, 4.69) is 170 Å². The van der Waals surface area contributed by atoms with Crippen LogP contribution in [0.25, 0.3) is 66.4 Å². The lowest BCUT2D eigenvalue weighted by atomic mass is 9.73. The quantitative estimate of drug-likeness (QED) is 0.167. The van der Waals surface area contributed by atoms with Crippen LogP contribution in [0.2, 0.25) is 0 Å². The molecule has 0 fully saturated rings. The van der Waals surface area contributed by atoms with Gasteiger partial charge in [0.15, 0.2) is 0 Å². The highest BCUT2D eigenvalue weighted by Gasteiger charge is 2.36. The van der Waals surface area contributed by atoms with Gasteiger partial charge in [0.05, 0.1) is 0 Å². The van der Waals surface area contributed by atoms with Crippen LogP contribution < -0.4 is 4.90 Å². The lowest BCUT2D eigenvalue weighted by molar-refractivity contribution is 0.660. The Balaban J connectivity index is 0.975. The molecule has 0 bridgehead atoms. The van der Waals surface area contributed by atoms with Crippen molar-refractivity contribution in [2.45, 2.75) is 70.6 Å². The number of para-hydroxylation sites is 1. The van der Waals surface area contributed by atoms with Crippen LogP contribution in [0.1, 0.15) is 72.9 Å². The predicted molar refractivity (Wildman–Crippen MR) is 256 cm³/mol. The van der Waals surface area contributed by atoms with Gasteiger partial charge in [-0.1, -0.05) is 123 Å². The van der Waals surface area contributed by atoms with Crippen LogP contribution in [-0.4, -0.2) is 0 Å². The predicted octanol–water partition coefficient (Wildman–Crippen LogP) is 16.1. The van der Waals surface area contributed by atoms with Crippen LogP contribution in [0.5, 0.6) is 0 Å². The summed E-state index contributed by atoms with van der Waals surface area (Å²) in [6.45, 7) is 4.75. The van der Waals surface area contributed by atoms with Gasteiger partial charge < -0.3 is 9.32 Å². The zero-order chi connectivity index (χ0) is 40.7. The molecule has 0 amide bonds. The monoisotopic (exact) mass is 787 g/mol. The molecule has 2 nitrogen and oxygen atoms in total. The Morgan fingerprint density at radius 1 is 0.393 bits per heavy atom. The van der Waals surface area contributed by atoms with E-state index in [0.29, 0.717) is 0 Å². The highest BCUT2D eigenvalue weighted by atomic mass is 16.3. The first-order valence-electron chi connectivity index (χ1n) is 22.4. The molecule has 2 heteroatoms. The second kappa shape index (κ2) is 14.2. The van der Waals surface area contributed by atoms with Gasteiger partial charge in [-0.3, -0.25) is 0 Å². The van der Waals surface area contributed by atoms with E-state index in [1.165, 1.54) is 88.7 Å². The van der Waals surface area contributed by atoms with Crippen LogP contribution in [0.4, 0.5) is 17.1 Å². The van der Waals surface area contributed by atoms with Crippen LogP contribution in [0.15, 0.2) is 168 Å². The molecule has 61 heavy (non-hydrogen) atoms. The van der Waals surface area contributed by atoms with Crippen molar-refractivity contribution in [1.82, 2.24) is 0 Å². The zero-order valence-electron chi connectivity index (χ0n) is 35.1. The highest BCUT2D eigenvalue weighted by molar-refractivity contribution is 6.06. The van der Waals surface area contributed by atoms with Crippen molar-refractivity contribution < 1.29 is 4.42 Å². The van der Waals surface area contributed by atoms with E-state index in [4.69, 9.17) is 4.42 Å². The summed E-state index contributed by atoms with van der Waals surface area (Å²) < 4.78 is 6.29. The summed E-state index contributed by atoms with van der Waals surface area (Å²) in [7, 11) is 0. The average Bonchev–Trinajstić information content (AvgIpc) is 3.80. The molecule has 0 saturated heterocycles. The second-order valence-electron chi connectivity index (χ2n) is 18.1. The summed E-state index contributed by atoms with van der Waals surface area (Å²) in [6, 6.07) is 60.9. The number of rotatable bonds is 6. The Hall–Kier alpha value is -6.64. The largest absolute Gasteiger partial charge is 0.456 e. The molecule has 0 radical (unpaired) electrons. The van der Waals surface area contributed by atoms with Crippen molar-refractivity contribution in [3.63, 3.8) is 0 Å². The number of benzene rings is 8. The van der Waals surface area contributed by atoms with Gasteiger partial charge in [0.1, 0.15) is 11.2 Å². The number of hydrogen-bond donors (Lipinski definition) is 0. The molecule has 0 saturated carbocycles. The van der Waals surface area contributed by atoms with Gasteiger partial charge in [-0.15, -0.1) is 0 Å². The fraction of sp³-hybridized carbons (Fsp3) is 0.186. The Labute approximate surface area is 359 Å². The van der Waals surface area contributed by atoms with Crippen LogP contribution in [0.3, 0.4) is 0 Å². The first-order chi connectivity index (χ1) is 30.0. The molecule has 8 aromatic carbocycles. The standard InChI is InChI=1S/C59H49NO/c1-59(2)53-22-12-10-16-45(53)46-35-33-44(37-54(46)59)60(42-29-24-38(25-30-42)41-28-34-48-47-17-11-13-23-55(47)61-56(48)36-41)43-31-26-40(27-32-43)58-51-20-8-6-18-49(51)57(39-14-4-3-5-15-39)50-19-7-9-21-52(50)58/h3-5,10-17,22-37H,6-9,18-21H2,1-2H3. The second-order valence-corrected chi connectivity index (χ2v) is 18.1. The summed E-state index contributed by atoms with van der Waals surface area (Å²) in [5.74, 6) is 0. The molecule has 296 valence electrons. The molecule has 9 aromatic rings. The summed E-state index contributed by atoms with van der Waals surface area (Å²) in [6.07, 6.45) is 9.74. The third-order valence-electron chi connectivity index (χ3n) is 14.3. The molecule has 0 N–H and O–H groups in total. The van der Waals surface area contributed by atoms with Gasteiger partial charge in [-0.05, 0) is 184 Å². The van der Waals surface area contributed by atoms with Gasteiger partial charge in [-0.2, -0.15) is 0 Å². The minimum Gasteiger partial charge on any atom is -0.456 e. The Morgan fingerprint density at radius 3 is 1.57 bits per heavy atom. The van der Waals surface area contributed by atoms with Crippen molar-refractivity contribution in [2.24, 2.45) is 0 Å². The van der Waals surface area contributed by atoms with E-state index in [0.717, 1.165) is 51.7 Å². The van der Waals surface area contributed by atoms with E-state index < -0.39 is 0 Å². The Kier molecular flexibility index (Phi) is 8.46. The maximum absolute atomic E-state index is 6.29. The van der Waals surface area contributed by atoms with Gasteiger partial charge in [0.25, 0.3) is 0 Å². The SMILES string of the molecule is CC1(C)c2ccccc2-c2ccc(N(c3ccc(-c4ccc5c(c4)oc4ccccc45)cc3)c3ccc(-c4c5c(c(-c6ccccc6)c6c4CCCC6)CCCC5)cc3)cc21. The molecular formula is C59H49NO. The number of anilines is 3. The Bertz CT molecular complexity index is 3110. The van der Waals surface area contributed by atoms with Crippen LogP contribution >= 0.6 is 0 Å². The molecule has 0 unspecified atom stereocenters. The number of nitrogens with zero attached hydrogens (tertiary/aromatic N) is 1. The van der Waals surface area contributed by atoms with Crippen molar-refractivity contribution in [2.75, 3.05) is 4.90 Å². The molecule has 12 rings (SSSR count). The fourth-order valence-corrected chi connectivity index (χ4v) is 11.3. The van der Waals surface area contributed by atoms with E-state index in [1.54, 1.807) is 27.8 Å². The van der Waals surface area contributed by atoms with Crippen molar-refractivity contribution >= 4 is 39.0 Å². The molecule has 1 heterocycles. The normalized spacial score (nSPS) is 15.0. The smallest absolute Gasteiger partial charge is 0.136 e. The molecule has 3 aliphatic carbocycles. The van der Waals surface area contributed by atoms with Gasteiger partial charge >= 0.3 is 0 Å². The summed E-state index contributed by atoms with van der Waals surface area (Å²) >= 11 is 0. The van der Waals surface area contributed by atoms with Crippen molar-refractivity contribution in [3.05, 3.63) is 197 Å². The van der Waals surface area contributed by atoms with Gasteiger partial charge in [-0.25, -0.2) is 0 Å². The average molecular weight is 788 g/mol. The van der Waals surface area contributed by atoms with Crippen LogP contribution in [0, 0.1) is 0 Å². The third kappa shape index (κ3) is 5.83. The first kappa shape index (κ1) is 36.2. The minimum atomic E-state index is -0.0965. The summed E-state index contributed by atoms with van der Waals surface area (Å²) in [5, 5.41) is 2.31. The first-order valence-corrected chi connectivity index (χ1v) is 22.4. The third-order valence-corrected chi connectivity index (χ3v) is 14.3. The molecule has 0 atom stereocenters. The molecule has 1 aromatic heterocycles. The highest BCUT2D eigenvalue weighted by Crippen LogP contribution is 2.51.